The molecule has 2 aromatic carbocycles. The van der Waals surface area contributed by atoms with Crippen molar-refractivity contribution in [2.24, 2.45) is 0 Å². The number of carbonyl (C=O) groups excluding carboxylic acids is 2. The second-order valence-electron chi connectivity index (χ2n) is 5.08. The monoisotopic (exact) mass is 325 g/mol. The predicted octanol–water partition coefficient (Wildman–Crippen LogP) is 4.24. The molecular weight excluding hydrogens is 310 g/mol. The van der Waals surface area contributed by atoms with Crippen molar-refractivity contribution in [1.29, 1.82) is 0 Å². The van der Waals surface area contributed by atoms with Crippen molar-refractivity contribution >= 4 is 34.7 Å². The Hall–Kier alpha value is -2.53. The van der Waals surface area contributed by atoms with E-state index in [1.54, 1.807) is 37.5 Å². The summed E-state index contributed by atoms with van der Waals surface area (Å²) in [5, 5.41) is -0.286. The average Bonchev–Trinajstić information content (AvgIpc) is 2.84. The van der Waals surface area contributed by atoms with Crippen LogP contribution in [0.15, 0.2) is 53.4 Å². The third kappa shape index (κ3) is 3.00. The van der Waals surface area contributed by atoms with Crippen LogP contribution >= 0.6 is 11.8 Å². The maximum absolute atomic E-state index is 12.5. The zero-order valence-electron chi connectivity index (χ0n) is 12.8. The van der Waals surface area contributed by atoms with E-state index in [-0.39, 0.29) is 11.1 Å². The number of para-hydroxylation sites is 1. The molecule has 1 heterocycles. The number of methoxy groups -OCH3 is 1. The first kappa shape index (κ1) is 15.4. The van der Waals surface area contributed by atoms with Crippen LogP contribution in [0.4, 0.5) is 10.5 Å². The summed E-state index contributed by atoms with van der Waals surface area (Å²) >= 11 is 0.947. The summed E-state index contributed by atoms with van der Waals surface area (Å²) in [6, 6.07) is 14.6. The van der Waals surface area contributed by atoms with E-state index < -0.39 is 0 Å². The Balaban J connectivity index is 1.93. The minimum atomic E-state index is -0.300. The molecule has 4 nitrogen and oxygen atoms in total. The van der Waals surface area contributed by atoms with Crippen molar-refractivity contribution < 1.29 is 14.3 Å². The Kier molecular flexibility index (Phi) is 4.21. The zero-order chi connectivity index (χ0) is 16.4. The number of carbonyl (C=O) groups is 2. The summed E-state index contributed by atoms with van der Waals surface area (Å²) in [6.07, 6.45) is 1.72. The van der Waals surface area contributed by atoms with Crippen LogP contribution in [0.1, 0.15) is 11.1 Å². The summed E-state index contributed by atoms with van der Waals surface area (Å²) in [6.45, 7) is 1.95. The molecule has 1 aliphatic rings. The second kappa shape index (κ2) is 6.30. The molecule has 0 spiro atoms. The highest BCUT2D eigenvalue weighted by Crippen LogP contribution is 2.36. The van der Waals surface area contributed by atoms with Gasteiger partial charge in [0.2, 0.25) is 0 Å². The molecule has 3 rings (SSSR count). The van der Waals surface area contributed by atoms with E-state index in [1.807, 2.05) is 31.2 Å². The van der Waals surface area contributed by atoms with Gasteiger partial charge in [-0.1, -0.05) is 30.3 Å². The number of amides is 2. The summed E-state index contributed by atoms with van der Waals surface area (Å²) in [5.74, 6) is 0.451. The van der Waals surface area contributed by atoms with Crippen molar-refractivity contribution in [2.45, 2.75) is 6.92 Å². The Morgan fingerprint density at radius 1 is 1.09 bits per heavy atom. The lowest BCUT2D eigenvalue weighted by atomic mass is 10.1. The van der Waals surface area contributed by atoms with Crippen LogP contribution < -0.4 is 9.64 Å². The number of hydrogen-bond acceptors (Lipinski definition) is 4. The van der Waals surface area contributed by atoms with Gasteiger partial charge in [-0.25, -0.2) is 4.90 Å². The number of hydrogen-bond donors (Lipinski definition) is 0. The third-order valence-electron chi connectivity index (χ3n) is 3.54. The van der Waals surface area contributed by atoms with E-state index in [2.05, 4.69) is 0 Å². The van der Waals surface area contributed by atoms with Gasteiger partial charge in [0.25, 0.3) is 11.1 Å². The number of rotatable bonds is 3. The van der Waals surface area contributed by atoms with E-state index in [9.17, 15) is 9.59 Å². The first-order valence-corrected chi connectivity index (χ1v) is 7.89. The lowest BCUT2D eigenvalue weighted by Gasteiger charge is -2.11. The SMILES string of the molecule is COc1cc(C=C2SC(=O)N(c3ccccc3)C2=O)ccc1C. The van der Waals surface area contributed by atoms with Crippen molar-refractivity contribution in [3.8, 4) is 5.75 Å². The number of anilines is 1. The quantitative estimate of drug-likeness (QED) is 0.792. The molecule has 0 radical (unpaired) electrons. The lowest BCUT2D eigenvalue weighted by molar-refractivity contribution is -0.113. The lowest BCUT2D eigenvalue weighted by Crippen LogP contribution is -2.27. The van der Waals surface area contributed by atoms with E-state index >= 15 is 0 Å². The number of ether oxygens (including phenoxy) is 1. The van der Waals surface area contributed by atoms with Gasteiger partial charge in [0, 0.05) is 0 Å². The van der Waals surface area contributed by atoms with Gasteiger partial charge in [0.1, 0.15) is 5.75 Å². The van der Waals surface area contributed by atoms with E-state index in [0.717, 1.165) is 28.6 Å². The van der Waals surface area contributed by atoms with Gasteiger partial charge in [0.15, 0.2) is 0 Å². The Labute approximate surface area is 138 Å². The molecule has 2 aromatic rings. The molecule has 1 fully saturated rings. The highest BCUT2D eigenvalue weighted by molar-refractivity contribution is 8.19. The molecule has 0 unspecified atom stereocenters. The van der Waals surface area contributed by atoms with Crippen LogP contribution in [0, 0.1) is 6.92 Å². The van der Waals surface area contributed by atoms with Crippen molar-refractivity contribution in [1.82, 2.24) is 0 Å². The van der Waals surface area contributed by atoms with Crippen LogP contribution in [0.2, 0.25) is 0 Å². The first-order valence-electron chi connectivity index (χ1n) is 7.08. The molecule has 5 heteroatoms. The zero-order valence-corrected chi connectivity index (χ0v) is 13.6. The van der Waals surface area contributed by atoms with Gasteiger partial charge in [-0.3, -0.25) is 9.59 Å². The van der Waals surface area contributed by atoms with Crippen molar-refractivity contribution in [3.05, 3.63) is 64.6 Å². The van der Waals surface area contributed by atoms with E-state index in [1.165, 1.54) is 4.90 Å². The van der Waals surface area contributed by atoms with Crippen molar-refractivity contribution in [3.63, 3.8) is 0 Å². The minimum Gasteiger partial charge on any atom is -0.496 e. The number of benzene rings is 2. The molecule has 23 heavy (non-hydrogen) atoms. The summed E-state index contributed by atoms with van der Waals surface area (Å²) < 4.78 is 5.29. The molecule has 0 N–H and O–H groups in total. The first-order chi connectivity index (χ1) is 11.1. The Morgan fingerprint density at radius 3 is 2.52 bits per heavy atom. The maximum atomic E-state index is 12.5. The number of imide groups is 1. The smallest absolute Gasteiger partial charge is 0.298 e. The fourth-order valence-electron chi connectivity index (χ4n) is 2.35. The molecule has 116 valence electrons. The van der Waals surface area contributed by atoms with E-state index in [0.29, 0.717) is 10.6 Å². The topological polar surface area (TPSA) is 46.6 Å². The molecule has 0 aromatic heterocycles. The second-order valence-corrected chi connectivity index (χ2v) is 6.07. The molecule has 0 saturated carbocycles. The largest absolute Gasteiger partial charge is 0.496 e. The average molecular weight is 325 g/mol. The van der Waals surface area contributed by atoms with E-state index in [4.69, 9.17) is 4.74 Å². The number of thioether (sulfide) groups is 1. The van der Waals surface area contributed by atoms with Crippen LogP contribution in [-0.2, 0) is 4.79 Å². The fourth-order valence-corrected chi connectivity index (χ4v) is 3.19. The molecule has 2 amide bonds. The highest BCUT2D eigenvalue weighted by Gasteiger charge is 2.36. The van der Waals surface area contributed by atoms with Crippen LogP contribution in [-0.4, -0.2) is 18.3 Å². The van der Waals surface area contributed by atoms with Gasteiger partial charge in [0.05, 0.1) is 17.7 Å². The van der Waals surface area contributed by atoms with Crippen LogP contribution in [0.25, 0.3) is 6.08 Å². The number of aryl methyl sites for hydroxylation is 1. The van der Waals surface area contributed by atoms with Gasteiger partial charge in [-0.2, -0.15) is 0 Å². The molecule has 0 atom stereocenters. The fraction of sp³-hybridized carbons (Fsp3) is 0.111. The third-order valence-corrected chi connectivity index (χ3v) is 4.41. The Bertz CT molecular complexity index is 799. The predicted molar refractivity (Wildman–Crippen MR) is 92.6 cm³/mol. The summed E-state index contributed by atoms with van der Waals surface area (Å²) in [7, 11) is 1.61. The summed E-state index contributed by atoms with van der Waals surface area (Å²) in [5.41, 5.74) is 2.42. The molecule has 0 aliphatic carbocycles. The Morgan fingerprint density at radius 2 is 1.83 bits per heavy atom. The van der Waals surface area contributed by atoms with Crippen molar-refractivity contribution in [2.75, 3.05) is 12.0 Å². The molecule has 1 saturated heterocycles. The molecular formula is C18H15NO3S. The minimum absolute atomic E-state index is 0.286. The van der Waals surface area contributed by atoms with Gasteiger partial charge < -0.3 is 4.74 Å². The molecule has 1 aliphatic heterocycles. The van der Waals surface area contributed by atoms with Gasteiger partial charge in [-0.05, 0) is 54.1 Å². The summed E-state index contributed by atoms with van der Waals surface area (Å²) in [4.78, 5) is 26.3. The van der Waals surface area contributed by atoms with Crippen LogP contribution in [0.5, 0.6) is 5.75 Å². The molecule has 0 bridgehead atoms. The maximum Gasteiger partial charge on any atom is 0.298 e. The number of nitrogens with zero attached hydrogens (tertiary/aromatic N) is 1. The standard InChI is InChI=1S/C18H15NO3S/c1-12-8-9-13(10-15(12)22-2)11-16-17(20)19(18(21)23-16)14-6-4-3-5-7-14/h3-11H,1-2H3. The van der Waals surface area contributed by atoms with Gasteiger partial charge in [-0.15, -0.1) is 0 Å². The van der Waals surface area contributed by atoms with Gasteiger partial charge >= 0.3 is 0 Å². The van der Waals surface area contributed by atoms with Crippen LogP contribution in [0.3, 0.4) is 0 Å². The normalized spacial score (nSPS) is 16.3. The highest BCUT2D eigenvalue weighted by atomic mass is 32.2.